The average molecular weight is 368 g/mol. The molecular weight excluding hydrogens is 359 g/mol. The maximum absolute atomic E-state index is 12.4. The Bertz CT molecular complexity index is 555. The molecule has 8 heteroatoms. The lowest BCUT2D eigenvalue weighted by molar-refractivity contribution is -0.142. The number of esters is 1. The van der Waals surface area contributed by atoms with Gasteiger partial charge in [-0.1, -0.05) is 0 Å². The van der Waals surface area contributed by atoms with Gasteiger partial charge in [-0.2, -0.15) is 18.4 Å². The van der Waals surface area contributed by atoms with Crippen molar-refractivity contribution in [2.75, 3.05) is 6.61 Å². The van der Waals surface area contributed by atoms with Crippen LogP contribution in [-0.2, 0) is 16.0 Å². The smallest absolute Gasteiger partial charge is 0.446 e. The van der Waals surface area contributed by atoms with Crippen LogP contribution < -0.4 is 0 Å². The highest BCUT2D eigenvalue weighted by Gasteiger charge is 2.32. The van der Waals surface area contributed by atoms with Gasteiger partial charge in [0.05, 0.1) is 18.6 Å². The number of rotatable bonds is 4. The van der Waals surface area contributed by atoms with Crippen LogP contribution in [0.15, 0.2) is 21.5 Å². The lowest BCUT2D eigenvalue weighted by Gasteiger charge is -2.11. The number of nitriles is 1. The third-order valence-corrected chi connectivity index (χ3v) is 3.86. The number of nitrogens with zero attached hydrogens (tertiary/aromatic N) is 1. The van der Waals surface area contributed by atoms with Gasteiger partial charge < -0.3 is 4.74 Å². The molecule has 108 valence electrons. The molecule has 0 heterocycles. The van der Waals surface area contributed by atoms with Crippen molar-refractivity contribution < 1.29 is 22.7 Å². The van der Waals surface area contributed by atoms with Crippen molar-refractivity contribution >= 4 is 33.7 Å². The number of hydrogen-bond acceptors (Lipinski definition) is 4. The SMILES string of the molecule is CCOC(=O)Cc1cc(Br)c(SC(F)(F)F)c(C#N)c1. The molecule has 3 nitrogen and oxygen atoms in total. The number of carbonyl (C=O) groups excluding carboxylic acids is 1. The van der Waals surface area contributed by atoms with Crippen molar-refractivity contribution in [1.29, 1.82) is 5.26 Å². The molecule has 0 fully saturated rings. The van der Waals surface area contributed by atoms with Gasteiger partial charge in [-0.3, -0.25) is 4.79 Å². The zero-order valence-electron chi connectivity index (χ0n) is 10.3. The molecular formula is C12H9BrF3NO2S. The van der Waals surface area contributed by atoms with Crippen LogP contribution in [-0.4, -0.2) is 18.1 Å². The molecule has 0 amide bonds. The van der Waals surface area contributed by atoms with Crippen molar-refractivity contribution in [3.05, 3.63) is 27.7 Å². The van der Waals surface area contributed by atoms with Crippen molar-refractivity contribution in [3.63, 3.8) is 0 Å². The summed E-state index contributed by atoms with van der Waals surface area (Å²) in [6.45, 7) is 1.87. The zero-order chi connectivity index (χ0) is 15.3. The van der Waals surface area contributed by atoms with Crippen LogP contribution in [0.5, 0.6) is 0 Å². The quantitative estimate of drug-likeness (QED) is 0.595. The van der Waals surface area contributed by atoms with E-state index in [2.05, 4.69) is 15.9 Å². The van der Waals surface area contributed by atoms with Crippen LogP contribution in [0.3, 0.4) is 0 Å². The summed E-state index contributed by atoms with van der Waals surface area (Å²) >= 11 is 2.63. The van der Waals surface area contributed by atoms with Crippen LogP contribution in [0.2, 0.25) is 0 Å². The minimum atomic E-state index is -4.49. The average Bonchev–Trinajstić information content (AvgIpc) is 2.31. The van der Waals surface area contributed by atoms with Gasteiger partial charge >= 0.3 is 11.5 Å². The molecule has 0 bridgehead atoms. The van der Waals surface area contributed by atoms with E-state index in [0.717, 1.165) is 0 Å². The number of benzene rings is 1. The Hall–Kier alpha value is -1.20. The van der Waals surface area contributed by atoms with E-state index in [-0.39, 0.29) is 39.7 Å². The summed E-state index contributed by atoms with van der Waals surface area (Å²) in [5.41, 5.74) is -4.21. The number of alkyl halides is 3. The fourth-order valence-corrected chi connectivity index (χ4v) is 2.79. The monoisotopic (exact) mass is 367 g/mol. The Kier molecular flexibility index (Phi) is 5.89. The Morgan fingerprint density at radius 1 is 1.50 bits per heavy atom. The highest BCUT2D eigenvalue weighted by Crippen LogP contribution is 2.42. The Morgan fingerprint density at radius 2 is 2.15 bits per heavy atom. The molecule has 1 rings (SSSR count). The summed E-state index contributed by atoms with van der Waals surface area (Å²) in [4.78, 5) is 11.1. The highest BCUT2D eigenvalue weighted by atomic mass is 79.9. The maximum Gasteiger partial charge on any atom is 0.446 e. The van der Waals surface area contributed by atoms with Gasteiger partial charge in [0.2, 0.25) is 0 Å². The first-order valence-electron chi connectivity index (χ1n) is 5.40. The van der Waals surface area contributed by atoms with Crippen LogP contribution in [0, 0.1) is 11.3 Å². The Labute approximate surface area is 126 Å². The molecule has 20 heavy (non-hydrogen) atoms. The van der Waals surface area contributed by atoms with Gasteiger partial charge in [-0.25, -0.2) is 0 Å². The minimum absolute atomic E-state index is 0.0991. The second-order valence-electron chi connectivity index (χ2n) is 3.60. The third kappa shape index (κ3) is 5.06. The van der Waals surface area contributed by atoms with E-state index in [1.54, 1.807) is 13.0 Å². The van der Waals surface area contributed by atoms with Crippen LogP contribution in [0.25, 0.3) is 0 Å². The lowest BCUT2D eigenvalue weighted by atomic mass is 10.1. The maximum atomic E-state index is 12.4. The lowest BCUT2D eigenvalue weighted by Crippen LogP contribution is -2.08. The predicted octanol–water partition coefficient (Wildman–Crippen LogP) is 4.04. The van der Waals surface area contributed by atoms with Crippen LogP contribution in [0.4, 0.5) is 13.2 Å². The summed E-state index contributed by atoms with van der Waals surface area (Å²) in [5.74, 6) is -0.500. The van der Waals surface area contributed by atoms with Gasteiger partial charge in [0, 0.05) is 9.37 Å². The summed E-state index contributed by atoms with van der Waals surface area (Å²) in [6, 6.07) is 4.34. The summed E-state index contributed by atoms with van der Waals surface area (Å²) in [6.07, 6.45) is -0.0991. The summed E-state index contributed by atoms with van der Waals surface area (Å²) in [5, 5.41) is 8.93. The van der Waals surface area contributed by atoms with Gasteiger partial charge in [0.25, 0.3) is 0 Å². The molecule has 0 aliphatic heterocycles. The van der Waals surface area contributed by atoms with E-state index < -0.39 is 11.5 Å². The fraction of sp³-hybridized carbons (Fsp3) is 0.333. The number of ether oxygens (including phenoxy) is 1. The largest absolute Gasteiger partial charge is 0.466 e. The molecule has 0 aromatic heterocycles. The topological polar surface area (TPSA) is 50.1 Å². The molecule has 0 aliphatic rings. The molecule has 0 atom stereocenters. The van der Waals surface area contributed by atoms with Crippen molar-refractivity contribution in [3.8, 4) is 6.07 Å². The second kappa shape index (κ2) is 6.99. The van der Waals surface area contributed by atoms with E-state index in [0.29, 0.717) is 5.56 Å². The van der Waals surface area contributed by atoms with E-state index in [1.807, 2.05) is 0 Å². The van der Waals surface area contributed by atoms with Gasteiger partial charge in [0.1, 0.15) is 6.07 Å². The number of carbonyl (C=O) groups is 1. The predicted molar refractivity (Wildman–Crippen MR) is 71.1 cm³/mol. The number of thioether (sulfide) groups is 1. The zero-order valence-corrected chi connectivity index (χ0v) is 12.7. The van der Waals surface area contributed by atoms with Crippen molar-refractivity contribution in [2.24, 2.45) is 0 Å². The molecule has 0 unspecified atom stereocenters. The fourth-order valence-electron chi connectivity index (χ4n) is 1.43. The standard InChI is InChI=1S/C12H9BrF3NO2S/c1-2-19-10(18)5-7-3-8(6-17)11(9(13)4-7)20-12(14,15)16/h3-4H,2,5H2,1H3. The van der Waals surface area contributed by atoms with Crippen molar-refractivity contribution in [1.82, 2.24) is 0 Å². The summed E-state index contributed by atoms with van der Waals surface area (Å²) in [7, 11) is 0. The molecule has 0 spiro atoms. The first kappa shape index (κ1) is 16.9. The second-order valence-corrected chi connectivity index (χ2v) is 5.53. The van der Waals surface area contributed by atoms with E-state index in [4.69, 9.17) is 10.00 Å². The minimum Gasteiger partial charge on any atom is -0.466 e. The normalized spacial score (nSPS) is 11.0. The van der Waals surface area contributed by atoms with Crippen molar-refractivity contribution in [2.45, 2.75) is 23.7 Å². The van der Waals surface area contributed by atoms with Crippen LogP contribution in [0.1, 0.15) is 18.1 Å². The number of hydrogen-bond donors (Lipinski definition) is 0. The molecule has 1 aromatic rings. The van der Waals surface area contributed by atoms with E-state index in [1.165, 1.54) is 12.1 Å². The first-order chi connectivity index (χ1) is 9.26. The van der Waals surface area contributed by atoms with Gasteiger partial charge in [-0.15, -0.1) is 0 Å². The number of halogens is 4. The molecule has 0 saturated carbocycles. The molecule has 0 saturated heterocycles. The molecule has 0 N–H and O–H groups in total. The third-order valence-electron chi connectivity index (χ3n) is 2.10. The first-order valence-corrected chi connectivity index (χ1v) is 7.01. The highest BCUT2D eigenvalue weighted by molar-refractivity contribution is 9.10. The van der Waals surface area contributed by atoms with Gasteiger partial charge in [-0.05, 0) is 52.3 Å². The van der Waals surface area contributed by atoms with Gasteiger partial charge in [0.15, 0.2) is 0 Å². The molecule has 1 aromatic carbocycles. The molecule has 0 aliphatic carbocycles. The molecule has 0 radical (unpaired) electrons. The van der Waals surface area contributed by atoms with E-state index in [9.17, 15) is 18.0 Å². The summed E-state index contributed by atoms with van der Waals surface area (Å²) < 4.78 is 42.1. The Balaban J connectivity index is 3.08. The Morgan fingerprint density at radius 3 is 2.65 bits per heavy atom. The van der Waals surface area contributed by atoms with Crippen LogP contribution >= 0.6 is 27.7 Å². The van der Waals surface area contributed by atoms with E-state index >= 15 is 0 Å².